The van der Waals surface area contributed by atoms with Gasteiger partial charge < -0.3 is 15.8 Å². The monoisotopic (exact) mass is 306 g/mol. The van der Waals surface area contributed by atoms with Crippen LogP contribution in [0, 0.1) is 0 Å². The summed E-state index contributed by atoms with van der Waals surface area (Å²) in [5.74, 6) is -0.297. The minimum Gasteiger partial charge on any atom is -0.461 e. The van der Waals surface area contributed by atoms with Crippen LogP contribution < -0.4 is 11.1 Å². The topological polar surface area (TPSA) is 64.3 Å². The SMILES string of the molecule is CCCCCCCC(C)NCCOC(=O)c1ccc(N)cc1. The third kappa shape index (κ3) is 8.03. The van der Waals surface area contributed by atoms with Gasteiger partial charge in [0.2, 0.25) is 0 Å². The number of carbonyl (C=O) groups excluding carboxylic acids is 1. The lowest BCUT2D eigenvalue weighted by Gasteiger charge is -2.13. The number of esters is 1. The van der Waals surface area contributed by atoms with Gasteiger partial charge in [-0.25, -0.2) is 4.79 Å². The van der Waals surface area contributed by atoms with Crippen LogP contribution in [0.2, 0.25) is 0 Å². The fourth-order valence-corrected chi connectivity index (χ4v) is 2.31. The van der Waals surface area contributed by atoms with Crippen molar-refractivity contribution in [1.29, 1.82) is 0 Å². The molecule has 4 nitrogen and oxygen atoms in total. The zero-order chi connectivity index (χ0) is 16.2. The van der Waals surface area contributed by atoms with Gasteiger partial charge in [-0.15, -0.1) is 0 Å². The quantitative estimate of drug-likeness (QED) is 0.371. The molecule has 0 spiro atoms. The van der Waals surface area contributed by atoms with E-state index in [9.17, 15) is 4.79 Å². The zero-order valence-electron chi connectivity index (χ0n) is 13.9. The summed E-state index contributed by atoms with van der Waals surface area (Å²) < 4.78 is 5.23. The van der Waals surface area contributed by atoms with Crippen molar-refractivity contribution in [3.63, 3.8) is 0 Å². The van der Waals surface area contributed by atoms with Gasteiger partial charge in [0.05, 0.1) is 5.56 Å². The fourth-order valence-electron chi connectivity index (χ4n) is 2.31. The molecule has 22 heavy (non-hydrogen) atoms. The Bertz CT molecular complexity index is 418. The van der Waals surface area contributed by atoms with Gasteiger partial charge in [-0.2, -0.15) is 0 Å². The normalized spacial score (nSPS) is 12.1. The van der Waals surface area contributed by atoms with E-state index in [0.717, 1.165) is 0 Å². The minimum atomic E-state index is -0.297. The molecule has 1 atom stereocenters. The second-order valence-corrected chi connectivity index (χ2v) is 5.82. The molecule has 0 saturated carbocycles. The molecule has 1 rings (SSSR count). The Hall–Kier alpha value is -1.55. The van der Waals surface area contributed by atoms with E-state index in [-0.39, 0.29) is 5.97 Å². The third-order valence-corrected chi connectivity index (χ3v) is 3.72. The Kier molecular flexibility index (Phi) is 9.31. The van der Waals surface area contributed by atoms with Crippen LogP contribution in [0.4, 0.5) is 5.69 Å². The summed E-state index contributed by atoms with van der Waals surface area (Å²) in [6.45, 7) is 5.50. The summed E-state index contributed by atoms with van der Waals surface area (Å²) in [4.78, 5) is 11.8. The molecule has 1 unspecified atom stereocenters. The molecule has 1 aromatic carbocycles. The number of hydrogen-bond acceptors (Lipinski definition) is 4. The van der Waals surface area contributed by atoms with Gasteiger partial charge in [0.1, 0.15) is 6.61 Å². The van der Waals surface area contributed by atoms with Gasteiger partial charge >= 0.3 is 5.97 Å². The molecule has 0 fully saturated rings. The van der Waals surface area contributed by atoms with Gasteiger partial charge in [0.15, 0.2) is 0 Å². The average molecular weight is 306 g/mol. The number of nitrogen functional groups attached to an aromatic ring is 1. The van der Waals surface area contributed by atoms with Gasteiger partial charge in [-0.1, -0.05) is 39.0 Å². The predicted molar refractivity (Wildman–Crippen MR) is 92.0 cm³/mol. The Morgan fingerprint density at radius 2 is 1.86 bits per heavy atom. The molecule has 0 amide bonds. The van der Waals surface area contributed by atoms with Gasteiger partial charge in [0, 0.05) is 18.3 Å². The summed E-state index contributed by atoms with van der Waals surface area (Å²) >= 11 is 0. The molecule has 3 N–H and O–H groups in total. The van der Waals surface area contributed by atoms with Crippen LogP contribution >= 0.6 is 0 Å². The van der Waals surface area contributed by atoms with E-state index in [2.05, 4.69) is 19.2 Å². The van der Waals surface area contributed by atoms with E-state index in [4.69, 9.17) is 10.5 Å². The highest BCUT2D eigenvalue weighted by Gasteiger charge is 2.07. The maximum Gasteiger partial charge on any atom is 0.338 e. The molecule has 0 radical (unpaired) electrons. The second-order valence-electron chi connectivity index (χ2n) is 5.82. The van der Waals surface area contributed by atoms with Crippen LogP contribution in [0.15, 0.2) is 24.3 Å². The number of nitrogens with two attached hydrogens (primary N) is 1. The summed E-state index contributed by atoms with van der Waals surface area (Å²) in [7, 11) is 0. The van der Waals surface area contributed by atoms with Crippen molar-refractivity contribution in [1.82, 2.24) is 5.32 Å². The molecular weight excluding hydrogens is 276 g/mol. The molecule has 124 valence electrons. The van der Waals surface area contributed by atoms with Crippen LogP contribution in [-0.4, -0.2) is 25.2 Å². The van der Waals surface area contributed by atoms with Crippen molar-refractivity contribution in [2.24, 2.45) is 0 Å². The average Bonchev–Trinajstić information content (AvgIpc) is 2.52. The van der Waals surface area contributed by atoms with E-state index >= 15 is 0 Å². The van der Waals surface area contributed by atoms with Crippen molar-refractivity contribution < 1.29 is 9.53 Å². The molecular formula is C18H30N2O2. The highest BCUT2D eigenvalue weighted by molar-refractivity contribution is 5.89. The molecule has 0 heterocycles. The third-order valence-electron chi connectivity index (χ3n) is 3.72. The molecule has 0 aliphatic rings. The van der Waals surface area contributed by atoms with Crippen molar-refractivity contribution in [3.8, 4) is 0 Å². The van der Waals surface area contributed by atoms with Crippen LogP contribution in [0.3, 0.4) is 0 Å². The molecule has 0 bridgehead atoms. The first kappa shape index (κ1) is 18.5. The smallest absolute Gasteiger partial charge is 0.338 e. The highest BCUT2D eigenvalue weighted by Crippen LogP contribution is 2.08. The van der Waals surface area contributed by atoms with Crippen LogP contribution in [0.5, 0.6) is 0 Å². The Balaban J connectivity index is 2.06. The van der Waals surface area contributed by atoms with E-state index in [1.54, 1.807) is 24.3 Å². The fraction of sp³-hybridized carbons (Fsp3) is 0.611. The molecule has 0 aliphatic heterocycles. The Morgan fingerprint density at radius 3 is 2.55 bits per heavy atom. The van der Waals surface area contributed by atoms with Crippen molar-refractivity contribution in [3.05, 3.63) is 29.8 Å². The first-order valence-corrected chi connectivity index (χ1v) is 8.39. The van der Waals surface area contributed by atoms with E-state index in [0.29, 0.717) is 30.4 Å². The summed E-state index contributed by atoms with van der Waals surface area (Å²) in [5, 5.41) is 3.39. The first-order valence-electron chi connectivity index (χ1n) is 8.39. The largest absolute Gasteiger partial charge is 0.461 e. The van der Waals surface area contributed by atoms with E-state index in [1.807, 2.05) is 0 Å². The zero-order valence-corrected chi connectivity index (χ0v) is 13.9. The molecule has 0 aromatic heterocycles. The van der Waals surface area contributed by atoms with Crippen LogP contribution in [0.25, 0.3) is 0 Å². The Morgan fingerprint density at radius 1 is 1.18 bits per heavy atom. The molecule has 1 aromatic rings. The van der Waals surface area contributed by atoms with E-state index in [1.165, 1.54) is 38.5 Å². The number of rotatable bonds is 11. The van der Waals surface area contributed by atoms with Crippen molar-refractivity contribution >= 4 is 11.7 Å². The molecule has 0 saturated heterocycles. The predicted octanol–water partition coefficient (Wildman–Crippen LogP) is 3.76. The standard InChI is InChI=1S/C18H30N2O2/c1-3-4-5-6-7-8-15(2)20-13-14-22-18(21)16-9-11-17(19)12-10-16/h9-12,15,20H,3-8,13-14,19H2,1-2H3. The van der Waals surface area contributed by atoms with E-state index < -0.39 is 0 Å². The number of ether oxygens (including phenoxy) is 1. The Labute approximate surface area is 134 Å². The van der Waals surface area contributed by atoms with Gasteiger partial charge in [-0.05, 0) is 37.6 Å². The lowest BCUT2D eigenvalue weighted by molar-refractivity contribution is 0.0506. The van der Waals surface area contributed by atoms with Crippen LogP contribution in [-0.2, 0) is 4.74 Å². The lowest BCUT2D eigenvalue weighted by Crippen LogP contribution is -2.30. The maximum absolute atomic E-state index is 11.8. The summed E-state index contributed by atoms with van der Waals surface area (Å²) in [5.41, 5.74) is 6.77. The summed E-state index contributed by atoms with van der Waals surface area (Å²) in [6, 6.07) is 7.25. The number of unbranched alkanes of at least 4 members (excludes halogenated alkanes) is 4. The van der Waals surface area contributed by atoms with Crippen molar-refractivity contribution in [2.75, 3.05) is 18.9 Å². The first-order chi connectivity index (χ1) is 10.6. The van der Waals surface area contributed by atoms with Gasteiger partial charge in [-0.3, -0.25) is 0 Å². The number of anilines is 1. The molecule has 0 aliphatic carbocycles. The second kappa shape index (κ2) is 11.1. The number of nitrogens with one attached hydrogen (secondary N) is 1. The minimum absolute atomic E-state index is 0.297. The highest BCUT2D eigenvalue weighted by atomic mass is 16.5. The maximum atomic E-state index is 11.8. The summed E-state index contributed by atoms with van der Waals surface area (Å²) in [6.07, 6.45) is 7.71. The lowest BCUT2D eigenvalue weighted by atomic mass is 10.1. The van der Waals surface area contributed by atoms with Crippen molar-refractivity contribution in [2.45, 2.75) is 58.4 Å². The number of carbonyl (C=O) groups is 1. The number of benzene rings is 1. The number of hydrogen-bond donors (Lipinski definition) is 2. The van der Waals surface area contributed by atoms with Gasteiger partial charge in [0.25, 0.3) is 0 Å². The van der Waals surface area contributed by atoms with Crippen LogP contribution in [0.1, 0.15) is 62.7 Å². The molecule has 4 heteroatoms.